The van der Waals surface area contributed by atoms with Gasteiger partial charge >= 0.3 is 0 Å². The molecule has 1 atom stereocenters. The molecule has 2 aromatic carbocycles. The number of ether oxygens (including phenoxy) is 1. The van der Waals surface area contributed by atoms with Crippen LogP contribution in [0, 0.1) is 11.6 Å². The zero-order chi connectivity index (χ0) is 15.4. The van der Waals surface area contributed by atoms with Crippen LogP contribution in [-0.4, -0.2) is 7.11 Å². The number of halogens is 3. The van der Waals surface area contributed by atoms with Gasteiger partial charge in [-0.1, -0.05) is 24.3 Å². The van der Waals surface area contributed by atoms with Gasteiger partial charge in [0.05, 0.1) is 17.6 Å². The Morgan fingerprint density at radius 3 is 2.57 bits per heavy atom. The highest BCUT2D eigenvalue weighted by molar-refractivity contribution is 9.10. The van der Waals surface area contributed by atoms with Gasteiger partial charge in [0.2, 0.25) is 0 Å². The predicted molar refractivity (Wildman–Crippen MR) is 80.8 cm³/mol. The maximum absolute atomic E-state index is 14.2. The topological polar surface area (TPSA) is 47.3 Å². The minimum atomic E-state index is -0.552. The number of hydrogen-bond acceptors (Lipinski definition) is 3. The molecule has 21 heavy (non-hydrogen) atoms. The summed E-state index contributed by atoms with van der Waals surface area (Å²) in [4.78, 5) is 0. The van der Waals surface area contributed by atoms with Crippen molar-refractivity contribution >= 4 is 15.9 Å². The Kier molecular flexibility index (Phi) is 5.27. The molecule has 3 nitrogen and oxygen atoms in total. The van der Waals surface area contributed by atoms with Crippen LogP contribution in [0.1, 0.15) is 17.2 Å². The van der Waals surface area contributed by atoms with E-state index >= 15 is 0 Å². The van der Waals surface area contributed by atoms with Gasteiger partial charge in [-0.2, -0.15) is 0 Å². The third-order valence-corrected chi connectivity index (χ3v) is 3.86. The highest BCUT2D eigenvalue weighted by atomic mass is 79.9. The highest BCUT2D eigenvalue weighted by Gasteiger charge is 2.19. The first kappa shape index (κ1) is 15.9. The molecule has 0 spiro atoms. The molecule has 0 aliphatic heterocycles. The van der Waals surface area contributed by atoms with Crippen LogP contribution in [0.25, 0.3) is 0 Å². The summed E-state index contributed by atoms with van der Waals surface area (Å²) < 4.78 is 33.6. The third-order valence-electron chi connectivity index (χ3n) is 3.25. The summed E-state index contributed by atoms with van der Waals surface area (Å²) in [6, 6.07) is 9.20. The molecule has 0 saturated carbocycles. The van der Waals surface area contributed by atoms with E-state index in [1.54, 1.807) is 30.3 Å². The van der Waals surface area contributed by atoms with Gasteiger partial charge in [0.15, 0.2) is 11.6 Å². The van der Waals surface area contributed by atoms with Crippen LogP contribution in [0.15, 0.2) is 40.9 Å². The molecule has 0 saturated heterocycles. The second kappa shape index (κ2) is 6.98. The van der Waals surface area contributed by atoms with Crippen molar-refractivity contribution in [2.45, 2.75) is 12.5 Å². The maximum Gasteiger partial charge on any atom is 0.168 e. The summed E-state index contributed by atoms with van der Waals surface area (Å²) in [5.74, 6) is 4.78. The molecular weight excluding hydrogens is 342 g/mol. The monoisotopic (exact) mass is 356 g/mol. The molecule has 1 unspecified atom stereocenters. The smallest absolute Gasteiger partial charge is 0.168 e. The number of nitrogens with one attached hydrogen (secondary N) is 1. The highest BCUT2D eigenvalue weighted by Crippen LogP contribution is 2.28. The average molecular weight is 357 g/mol. The molecule has 0 aromatic heterocycles. The summed E-state index contributed by atoms with van der Waals surface area (Å²) in [5.41, 5.74) is 3.30. The molecule has 2 aromatic rings. The third kappa shape index (κ3) is 3.40. The zero-order valence-corrected chi connectivity index (χ0v) is 13.0. The van der Waals surface area contributed by atoms with Crippen molar-refractivity contribution in [1.29, 1.82) is 0 Å². The van der Waals surface area contributed by atoms with Crippen LogP contribution in [0.4, 0.5) is 8.78 Å². The summed E-state index contributed by atoms with van der Waals surface area (Å²) >= 11 is 3.13. The van der Waals surface area contributed by atoms with E-state index < -0.39 is 17.7 Å². The fourth-order valence-corrected chi connectivity index (χ4v) is 2.52. The van der Waals surface area contributed by atoms with Crippen LogP contribution in [0.2, 0.25) is 0 Å². The Labute approximate surface area is 130 Å². The molecule has 0 aliphatic rings. The van der Waals surface area contributed by atoms with Gasteiger partial charge in [-0.15, -0.1) is 0 Å². The molecule has 3 N–H and O–H groups in total. The summed E-state index contributed by atoms with van der Waals surface area (Å²) in [6.45, 7) is 0. The normalized spacial score (nSPS) is 12.2. The Bertz CT molecular complexity index is 637. The Morgan fingerprint density at radius 2 is 1.90 bits per heavy atom. The van der Waals surface area contributed by atoms with Crippen molar-refractivity contribution in [2.75, 3.05) is 7.11 Å². The van der Waals surface area contributed by atoms with Crippen LogP contribution in [-0.2, 0) is 6.42 Å². The Hall–Kier alpha value is -1.50. The van der Waals surface area contributed by atoms with Crippen molar-refractivity contribution in [3.05, 3.63) is 63.6 Å². The van der Waals surface area contributed by atoms with E-state index in [4.69, 9.17) is 10.6 Å². The van der Waals surface area contributed by atoms with E-state index in [2.05, 4.69) is 21.4 Å². The first-order valence-electron chi connectivity index (χ1n) is 6.30. The first-order valence-corrected chi connectivity index (χ1v) is 7.09. The van der Waals surface area contributed by atoms with E-state index in [0.29, 0.717) is 15.6 Å². The molecule has 0 radical (unpaired) electrons. The van der Waals surface area contributed by atoms with Gasteiger partial charge in [-0.05, 0) is 40.0 Å². The summed E-state index contributed by atoms with van der Waals surface area (Å²) in [5, 5.41) is 0. The van der Waals surface area contributed by atoms with Gasteiger partial charge < -0.3 is 4.74 Å². The van der Waals surface area contributed by atoms with Gasteiger partial charge in [-0.25, -0.2) is 8.78 Å². The standard InChI is InChI=1S/C15H15BrF2N2O/c1-21-13-7-2-4-9(14(13)17)8-12(20-19)10-5-3-6-11(16)15(10)18/h2-7,12,20H,8,19H2,1H3. The van der Waals surface area contributed by atoms with Crippen LogP contribution < -0.4 is 16.0 Å². The lowest BCUT2D eigenvalue weighted by atomic mass is 9.98. The maximum atomic E-state index is 14.2. The number of nitrogens with two attached hydrogens (primary N) is 1. The largest absolute Gasteiger partial charge is 0.494 e. The van der Waals surface area contributed by atoms with Crippen molar-refractivity contribution in [3.63, 3.8) is 0 Å². The van der Waals surface area contributed by atoms with Crippen molar-refractivity contribution < 1.29 is 13.5 Å². The van der Waals surface area contributed by atoms with E-state index in [0.717, 1.165) is 0 Å². The zero-order valence-electron chi connectivity index (χ0n) is 11.4. The molecule has 0 fully saturated rings. The summed E-state index contributed by atoms with van der Waals surface area (Å²) in [6.07, 6.45) is 0.201. The van der Waals surface area contributed by atoms with Crippen molar-refractivity contribution in [3.8, 4) is 5.75 Å². The molecule has 0 bridgehead atoms. The molecule has 0 heterocycles. The minimum Gasteiger partial charge on any atom is -0.494 e. The van der Waals surface area contributed by atoms with Crippen LogP contribution >= 0.6 is 15.9 Å². The molecule has 112 valence electrons. The number of rotatable bonds is 5. The van der Waals surface area contributed by atoms with E-state index in [1.165, 1.54) is 13.2 Å². The van der Waals surface area contributed by atoms with Gasteiger partial charge in [0, 0.05) is 5.56 Å². The van der Waals surface area contributed by atoms with Gasteiger partial charge in [0.1, 0.15) is 5.82 Å². The second-order valence-electron chi connectivity index (χ2n) is 4.50. The lowest BCUT2D eigenvalue weighted by Gasteiger charge is -2.18. The van der Waals surface area contributed by atoms with E-state index in [1.807, 2.05) is 0 Å². The average Bonchev–Trinajstić information content (AvgIpc) is 2.49. The second-order valence-corrected chi connectivity index (χ2v) is 5.35. The molecule has 6 heteroatoms. The summed E-state index contributed by atoms with van der Waals surface area (Å²) in [7, 11) is 1.40. The lowest BCUT2D eigenvalue weighted by Crippen LogP contribution is -2.30. The molecule has 2 rings (SSSR count). The first-order chi connectivity index (χ1) is 10.1. The molecular formula is C15H15BrF2N2O. The van der Waals surface area contributed by atoms with Gasteiger partial charge in [-0.3, -0.25) is 11.3 Å². The molecule has 0 amide bonds. The number of benzene rings is 2. The SMILES string of the molecule is COc1cccc(CC(NN)c2cccc(Br)c2F)c1F. The quantitative estimate of drug-likeness (QED) is 0.636. The molecule has 0 aliphatic carbocycles. The Balaban J connectivity index is 2.34. The predicted octanol–water partition coefficient (Wildman–Crippen LogP) is 3.48. The van der Waals surface area contributed by atoms with E-state index in [-0.39, 0.29) is 12.2 Å². The number of hydrogen-bond donors (Lipinski definition) is 2. The van der Waals surface area contributed by atoms with Crippen molar-refractivity contribution in [2.24, 2.45) is 5.84 Å². The fourth-order valence-electron chi connectivity index (χ4n) is 2.14. The number of methoxy groups -OCH3 is 1. The number of hydrazine groups is 1. The minimum absolute atomic E-state index is 0.151. The van der Waals surface area contributed by atoms with Crippen LogP contribution in [0.3, 0.4) is 0 Å². The van der Waals surface area contributed by atoms with Crippen LogP contribution in [0.5, 0.6) is 5.75 Å². The van der Waals surface area contributed by atoms with E-state index in [9.17, 15) is 8.78 Å². The fraction of sp³-hybridized carbons (Fsp3) is 0.200. The Morgan fingerprint density at radius 1 is 1.19 bits per heavy atom. The lowest BCUT2D eigenvalue weighted by molar-refractivity contribution is 0.382. The van der Waals surface area contributed by atoms with Crippen molar-refractivity contribution in [1.82, 2.24) is 5.43 Å². The van der Waals surface area contributed by atoms with Gasteiger partial charge in [0.25, 0.3) is 0 Å².